The molecule has 1 saturated heterocycles. The summed E-state index contributed by atoms with van der Waals surface area (Å²) >= 11 is 0. The van der Waals surface area contributed by atoms with Crippen molar-refractivity contribution >= 4 is 0 Å². The van der Waals surface area contributed by atoms with Crippen LogP contribution in [0.1, 0.15) is 26.7 Å². The molecule has 0 aromatic heterocycles. The predicted octanol–water partition coefficient (Wildman–Crippen LogP) is 1.30. The van der Waals surface area contributed by atoms with Crippen molar-refractivity contribution in [3.63, 3.8) is 0 Å². The van der Waals surface area contributed by atoms with Crippen molar-refractivity contribution in [2.45, 2.75) is 26.7 Å². The van der Waals surface area contributed by atoms with E-state index < -0.39 is 0 Å². The summed E-state index contributed by atoms with van der Waals surface area (Å²) in [6.45, 7) is 6.95. The topological polar surface area (TPSA) is 23.5 Å². The highest BCUT2D eigenvalue weighted by Gasteiger charge is 2.23. The number of hydrogen-bond acceptors (Lipinski definition) is 2. The minimum atomic E-state index is 0.237. The van der Waals surface area contributed by atoms with E-state index in [1.165, 1.54) is 12.8 Å². The molecule has 2 nitrogen and oxygen atoms in total. The average Bonchev–Trinajstić information content (AvgIpc) is 2.04. The third-order valence-electron chi connectivity index (χ3n) is 2.89. The molecule has 0 bridgehead atoms. The van der Waals surface area contributed by atoms with Crippen molar-refractivity contribution in [1.82, 2.24) is 4.90 Å². The van der Waals surface area contributed by atoms with Crippen molar-refractivity contribution in [3.05, 3.63) is 0 Å². The average molecular weight is 157 g/mol. The van der Waals surface area contributed by atoms with Gasteiger partial charge in [-0.05, 0) is 18.3 Å². The number of rotatable bonds is 2. The first-order chi connectivity index (χ1) is 5.27. The Labute approximate surface area is 69.2 Å². The molecule has 0 radical (unpaired) electrons. The maximum atomic E-state index is 8.89. The van der Waals surface area contributed by atoms with Crippen LogP contribution >= 0.6 is 0 Å². The highest BCUT2D eigenvalue weighted by atomic mass is 16.3. The molecule has 1 N–H and O–H groups in total. The quantitative estimate of drug-likeness (QED) is 0.653. The highest BCUT2D eigenvalue weighted by Crippen LogP contribution is 2.25. The lowest BCUT2D eigenvalue weighted by molar-refractivity contribution is 0.0454. The monoisotopic (exact) mass is 157 g/mol. The lowest BCUT2D eigenvalue weighted by Gasteiger charge is -2.35. The number of nitrogens with zero attached hydrogens (tertiary/aromatic N) is 1. The molecular weight excluding hydrogens is 138 g/mol. The minimum absolute atomic E-state index is 0.237. The normalized spacial score (nSPS) is 34.1. The van der Waals surface area contributed by atoms with Gasteiger partial charge in [-0.15, -0.1) is 0 Å². The first kappa shape index (κ1) is 9.01. The molecule has 1 heterocycles. The van der Waals surface area contributed by atoms with Gasteiger partial charge >= 0.3 is 0 Å². The SMILES string of the molecule is CCC1CCN(CO)CC1C. The molecule has 2 atom stereocenters. The molecule has 0 aliphatic carbocycles. The first-order valence-corrected chi connectivity index (χ1v) is 4.61. The highest BCUT2D eigenvalue weighted by molar-refractivity contribution is 4.75. The molecule has 1 aliphatic heterocycles. The van der Waals surface area contributed by atoms with Crippen LogP contribution in [0.3, 0.4) is 0 Å². The molecular formula is C9H19NO. The zero-order chi connectivity index (χ0) is 8.27. The number of likely N-dealkylation sites (tertiary alicyclic amines) is 1. The summed E-state index contributed by atoms with van der Waals surface area (Å²) in [5.74, 6) is 1.65. The van der Waals surface area contributed by atoms with Crippen LogP contribution in [0, 0.1) is 11.8 Å². The van der Waals surface area contributed by atoms with Crippen LogP contribution in [0.4, 0.5) is 0 Å². The van der Waals surface area contributed by atoms with E-state index in [1.807, 2.05) is 0 Å². The van der Waals surface area contributed by atoms with Gasteiger partial charge in [-0.25, -0.2) is 0 Å². The van der Waals surface area contributed by atoms with Gasteiger partial charge in [-0.2, -0.15) is 0 Å². The molecule has 11 heavy (non-hydrogen) atoms. The first-order valence-electron chi connectivity index (χ1n) is 4.61. The van der Waals surface area contributed by atoms with Gasteiger partial charge in [0.15, 0.2) is 0 Å². The lowest BCUT2D eigenvalue weighted by Crippen LogP contribution is -2.39. The summed E-state index contributed by atoms with van der Waals surface area (Å²) in [6, 6.07) is 0. The fraction of sp³-hybridized carbons (Fsp3) is 1.00. The molecule has 0 saturated carbocycles. The smallest absolute Gasteiger partial charge is 0.0956 e. The molecule has 0 aromatic carbocycles. The van der Waals surface area contributed by atoms with Gasteiger partial charge in [0.05, 0.1) is 6.73 Å². The van der Waals surface area contributed by atoms with E-state index in [0.717, 1.165) is 24.9 Å². The van der Waals surface area contributed by atoms with Gasteiger partial charge in [-0.1, -0.05) is 20.3 Å². The molecule has 2 heteroatoms. The Morgan fingerprint density at radius 2 is 2.27 bits per heavy atom. The minimum Gasteiger partial charge on any atom is -0.381 e. The molecule has 0 spiro atoms. The van der Waals surface area contributed by atoms with E-state index in [0.29, 0.717) is 0 Å². The third-order valence-corrected chi connectivity index (χ3v) is 2.89. The lowest BCUT2D eigenvalue weighted by atomic mass is 9.85. The van der Waals surface area contributed by atoms with Crippen LogP contribution < -0.4 is 0 Å². The van der Waals surface area contributed by atoms with Crippen molar-refractivity contribution < 1.29 is 5.11 Å². The van der Waals surface area contributed by atoms with Gasteiger partial charge in [-0.3, -0.25) is 4.90 Å². The summed E-state index contributed by atoms with van der Waals surface area (Å²) < 4.78 is 0. The predicted molar refractivity (Wildman–Crippen MR) is 46.2 cm³/mol. The summed E-state index contributed by atoms with van der Waals surface area (Å²) in [4.78, 5) is 2.12. The van der Waals surface area contributed by atoms with Gasteiger partial charge < -0.3 is 5.11 Å². The van der Waals surface area contributed by atoms with E-state index in [4.69, 9.17) is 5.11 Å². The number of piperidine rings is 1. The molecule has 1 rings (SSSR count). The second-order valence-electron chi connectivity index (χ2n) is 3.65. The Morgan fingerprint density at radius 3 is 2.73 bits per heavy atom. The number of aliphatic hydroxyl groups is 1. The van der Waals surface area contributed by atoms with Crippen molar-refractivity contribution in [2.75, 3.05) is 19.8 Å². The fourth-order valence-electron chi connectivity index (χ4n) is 2.02. The van der Waals surface area contributed by atoms with Gasteiger partial charge in [0.25, 0.3) is 0 Å². The Hall–Kier alpha value is -0.0800. The van der Waals surface area contributed by atoms with Crippen molar-refractivity contribution in [1.29, 1.82) is 0 Å². The second-order valence-corrected chi connectivity index (χ2v) is 3.65. The van der Waals surface area contributed by atoms with E-state index in [1.54, 1.807) is 0 Å². The largest absolute Gasteiger partial charge is 0.381 e. The molecule has 1 aliphatic rings. The molecule has 0 aromatic rings. The van der Waals surface area contributed by atoms with Crippen molar-refractivity contribution in [3.8, 4) is 0 Å². The number of hydrogen-bond donors (Lipinski definition) is 1. The molecule has 0 amide bonds. The Balaban J connectivity index is 2.34. The van der Waals surface area contributed by atoms with Crippen LogP contribution in [-0.2, 0) is 0 Å². The maximum absolute atomic E-state index is 8.89. The summed E-state index contributed by atoms with van der Waals surface area (Å²) in [7, 11) is 0. The van der Waals surface area contributed by atoms with E-state index in [9.17, 15) is 0 Å². The van der Waals surface area contributed by atoms with Crippen LogP contribution in [-0.4, -0.2) is 29.8 Å². The van der Waals surface area contributed by atoms with Crippen molar-refractivity contribution in [2.24, 2.45) is 11.8 Å². The summed E-state index contributed by atoms with van der Waals surface area (Å²) in [5.41, 5.74) is 0. The second kappa shape index (κ2) is 4.07. The van der Waals surface area contributed by atoms with Crippen LogP contribution in [0.25, 0.3) is 0 Å². The Morgan fingerprint density at radius 1 is 1.55 bits per heavy atom. The van der Waals surface area contributed by atoms with Crippen LogP contribution in [0.2, 0.25) is 0 Å². The van der Waals surface area contributed by atoms with Crippen LogP contribution in [0.15, 0.2) is 0 Å². The van der Waals surface area contributed by atoms with Crippen LogP contribution in [0.5, 0.6) is 0 Å². The molecule has 66 valence electrons. The summed E-state index contributed by atoms with van der Waals surface area (Å²) in [5, 5.41) is 8.89. The fourth-order valence-corrected chi connectivity index (χ4v) is 2.02. The van der Waals surface area contributed by atoms with E-state index in [2.05, 4.69) is 18.7 Å². The van der Waals surface area contributed by atoms with Gasteiger partial charge in [0.2, 0.25) is 0 Å². The van der Waals surface area contributed by atoms with E-state index >= 15 is 0 Å². The number of aliphatic hydroxyl groups excluding tert-OH is 1. The zero-order valence-corrected chi connectivity index (χ0v) is 7.58. The standard InChI is InChI=1S/C9H19NO/c1-3-9-4-5-10(7-11)6-8(9)2/h8-9,11H,3-7H2,1-2H3. The Kier molecular flexibility index (Phi) is 3.34. The summed E-state index contributed by atoms with van der Waals surface area (Å²) in [6.07, 6.45) is 2.55. The molecule has 1 fully saturated rings. The third kappa shape index (κ3) is 2.17. The molecule has 2 unspecified atom stereocenters. The van der Waals surface area contributed by atoms with Gasteiger partial charge in [0.1, 0.15) is 0 Å². The van der Waals surface area contributed by atoms with Gasteiger partial charge in [0, 0.05) is 13.1 Å². The zero-order valence-electron chi connectivity index (χ0n) is 7.58. The van der Waals surface area contributed by atoms with E-state index in [-0.39, 0.29) is 6.73 Å². The maximum Gasteiger partial charge on any atom is 0.0956 e. The Bertz CT molecular complexity index is 116.